The first-order chi connectivity index (χ1) is 8.52. The molecule has 0 N–H and O–H groups in total. The van der Waals surface area contributed by atoms with Crippen molar-refractivity contribution in [3.05, 3.63) is 46.0 Å². The minimum atomic E-state index is -0.468. The van der Waals surface area contributed by atoms with Gasteiger partial charge in [-0.1, -0.05) is 6.92 Å². The molecule has 96 valence electrons. The molecular weight excluding hydrogens is 234 g/mol. The van der Waals surface area contributed by atoms with Crippen LogP contribution in [0.4, 0.5) is 5.69 Å². The minimum absolute atomic E-state index is 0.0225. The Morgan fingerprint density at radius 1 is 1.44 bits per heavy atom. The topological polar surface area (TPSA) is 69.4 Å². The average Bonchev–Trinajstić information content (AvgIpc) is 2.36. The predicted octanol–water partition coefficient (Wildman–Crippen LogP) is 2.95. The molecule has 0 saturated heterocycles. The SMILES string of the molecule is CCC(C)OC(=O)/C=C/c1ccc([N+](=O)[O-])cc1. The first-order valence-corrected chi connectivity index (χ1v) is 5.66. The summed E-state index contributed by atoms with van der Waals surface area (Å²) in [6.07, 6.45) is 3.53. The van der Waals surface area contributed by atoms with Crippen LogP contribution in [-0.2, 0) is 9.53 Å². The lowest BCUT2D eigenvalue weighted by atomic mass is 10.2. The van der Waals surface area contributed by atoms with E-state index >= 15 is 0 Å². The smallest absolute Gasteiger partial charge is 0.331 e. The van der Waals surface area contributed by atoms with Gasteiger partial charge in [-0.05, 0) is 37.1 Å². The van der Waals surface area contributed by atoms with Crippen LogP contribution in [-0.4, -0.2) is 17.0 Å². The van der Waals surface area contributed by atoms with Crippen molar-refractivity contribution in [3.63, 3.8) is 0 Å². The van der Waals surface area contributed by atoms with Crippen LogP contribution in [0.5, 0.6) is 0 Å². The molecule has 1 atom stereocenters. The summed E-state index contributed by atoms with van der Waals surface area (Å²) in [5, 5.41) is 10.4. The lowest BCUT2D eigenvalue weighted by molar-refractivity contribution is -0.384. The van der Waals surface area contributed by atoms with Crippen molar-refractivity contribution < 1.29 is 14.5 Å². The maximum atomic E-state index is 11.3. The van der Waals surface area contributed by atoms with Crippen LogP contribution < -0.4 is 0 Å². The van der Waals surface area contributed by atoms with Crippen molar-refractivity contribution in [2.45, 2.75) is 26.4 Å². The van der Waals surface area contributed by atoms with Gasteiger partial charge < -0.3 is 4.74 Å². The zero-order valence-corrected chi connectivity index (χ0v) is 10.3. The summed E-state index contributed by atoms with van der Waals surface area (Å²) >= 11 is 0. The average molecular weight is 249 g/mol. The number of benzene rings is 1. The fraction of sp³-hybridized carbons (Fsp3) is 0.308. The largest absolute Gasteiger partial charge is 0.460 e. The molecule has 1 aromatic rings. The van der Waals surface area contributed by atoms with E-state index in [1.54, 1.807) is 18.2 Å². The number of rotatable bonds is 5. The molecule has 0 spiro atoms. The number of nitro groups is 1. The summed E-state index contributed by atoms with van der Waals surface area (Å²) in [5.41, 5.74) is 0.732. The molecule has 1 rings (SSSR count). The van der Waals surface area contributed by atoms with Gasteiger partial charge in [0, 0.05) is 18.2 Å². The number of ether oxygens (including phenoxy) is 1. The Morgan fingerprint density at radius 2 is 2.06 bits per heavy atom. The molecule has 0 aliphatic heterocycles. The molecule has 0 aliphatic rings. The highest BCUT2D eigenvalue weighted by Gasteiger charge is 2.04. The highest BCUT2D eigenvalue weighted by Crippen LogP contribution is 2.12. The van der Waals surface area contributed by atoms with Gasteiger partial charge >= 0.3 is 5.97 Å². The number of carbonyl (C=O) groups is 1. The fourth-order valence-corrected chi connectivity index (χ4v) is 1.19. The Labute approximate surface area is 105 Å². The highest BCUT2D eigenvalue weighted by atomic mass is 16.6. The van der Waals surface area contributed by atoms with Crippen LogP contribution in [0, 0.1) is 10.1 Å². The third-order valence-electron chi connectivity index (χ3n) is 2.41. The maximum Gasteiger partial charge on any atom is 0.331 e. The number of hydrogen-bond donors (Lipinski definition) is 0. The standard InChI is InChI=1S/C13H15NO4/c1-3-10(2)18-13(15)9-6-11-4-7-12(8-5-11)14(16)17/h4-10H,3H2,1-2H3/b9-6+. The Hall–Kier alpha value is -2.17. The molecule has 0 heterocycles. The van der Waals surface area contributed by atoms with Gasteiger partial charge in [0.2, 0.25) is 0 Å². The minimum Gasteiger partial charge on any atom is -0.460 e. The number of nitrogens with zero attached hydrogens (tertiary/aromatic N) is 1. The first kappa shape index (κ1) is 13.9. The van der Waals surface area contributed by atoms with Gasteiger partial charge in [0.1, 0.15) is 0 Å². The lowest BCUT2D eigenvalue weighted by Crippen LogP contribution is -2.11. The Kier molecular flexibility index (Phi) is 5.05. The van der Waals surface area contributed by atoms with E-state index in [1.807, 2.05) is 13.8 Å². The Balaban J connectivity index is 2.61. The third-order valence-corrected chi connectivity index (χ3v) is 2.41. The van der Waals surface area contributed by atoms with Crippen molar-refractivity contribution in [2.75, 3.05) is 0 Å². The second kappa shape index (κ2) is 6.54. The van der Waals surface area contributed by atoms with Crippen molar-refractivity contribution in [1.29, 1.82) is 0 Å². The van der Waals surface area contributed by atoms with Crippen molar-refractivity contribution in [3.8, 4) is 0 Å². The van der Waals surface area contributed by atoms with Crippen LogP contribution in [0.2, 0.25) is 0 Å². The van der Waals surface area contributed by atoms with Gasteiger partial charge in [-0.25, -0.2) is 4.79 Å². The van der Waals surface area contributed by atoms with E-state index in [9.17, 15) is 14.9 Å². The summed E-state index contributed by atoms with van der Waals surface area (Å²) in [7, 11) is 0. The van der Waals surface area contributed by atoms with Crippen LogP contribution in [0.1, 0.15) is 25.8 Å². The molecule has 1 unspecified atom stereocenters. The number of nitro benzene ring substituents is 1. The van der Waals surface area contributed by atoms with Gasteiger partial charge in [0.05, 0.1) is 11.0 Å². The molecule has 1 aromatic carbocycles. The normalized spacial score (nSPS) is 12.3. The monoisotopic (exact) mass is 249 g/mol. The van der Waals surface area contributed by atoms with Crippen LogP contribution in [0.25, 0.3) is 6.08 Å². The number of hydrogen-bond acceptors (Lipinski definition) is 4. The second-order valence-corrected chi connectivity index (χ2v) is 3.84. The zero-order chi connectivity index (χ0) is 13.5. The molecule has 0 fully saturated rings. The van der Waals surface area contributed by atoms with E-state index in [0.717, 1.165) is 6.42 Å². The Bertz CT molecular complexity index is 451. The first-order valence-electron chi connectivity index (χ1n) is 5.66. The number of non-ortho nitro benzene ring substituents is 1. The van der Waals surface area contributed by atoms with Crippen LogP contribution in [0.15, 0.2) is 30.3 Å². The number of carbonyl (C=O) groups excluding carboxylic acids is 1. The molecule has 5 nitrogen and oxygen atoms in total. The molecule has 0 aromatic heterocycles. The summed E-state index contributed by atoms with van der Waals surface area (Å²) < 4.78 is 5.05. The molecule has 0 amide bonds. The Morgan fingerprint density at radius 3 is 2.56 bits per heavy atom. The zero-order valence-electron chi connectivity index (χ0n) is 10.3. The van der Waals surface area contributed by atoms with Gasteiger partial charge in [0.15, 0.2) is 0 Å². The molecular formula is C13H15NO4. The number of esters is 1. The van der Waals surface area contributed by atoms with Crippen LogP contribution in [0.3, 0.4) is 0 Å². The van der Waals surface area contributed by atoms with Crippen molar-refractivity contribution in [1.82, 2.24) is 0 Å². The van der Waals surface area contributed by atoms with E-state index in [0.29, 0.717) is 5.56 Å². The third kappa shape index (κ3) is 4.37. The van der Waals surface area contributed by atoms with E-state index in [2.05, 4.69) is 0 Å². The summed E-state index contributed by atoms with van der Waals surface area (Å²) in [6, 6.07) is 5.93. The van der Waals surface area contributed by atoms with Crippen molar-refractivity contribution >= 4 is 17.7 Å². The van der Waals surface area contributed by atoms with Gasteiger partial charge in [-0.2, -0.15) is 0 Å². The summed E-state index contributed by atoms with van der Waals surface area (Å²) in [6.45, 7) is 3.75. The molecule has 18 heavy (non-hydrogen) atoms. The quantitative estimate of drug-likeness (QED) is 0.348. The van der Waals surface area contributed by atoms with Crippen molar-refractivity contribution in [2.24, 2.45) is 0 Å². The van der Waals surface area contributed by atoms with Gasteiger partial charge in [-0.15, -0.1) is 0 Å². The maximum absolute atomic E-state index is 11.3. The summed E-state index contributed by atoms with van der Waals surface area (Å²) in [4.78, 5) is 21.3. The molecule has 0 aliphatic carbocycles. The van der Waals surface area contributed by atoms with Gasteiger partial charge in [-0.3, -0.25) is 10.1 Å². The molecule has 0 saturated carbocycles. The predicted molar refractivity (Wildman–Crippen MR) is 68.0 cm³/mol. The van der Waals surface area contributed by atoms with E-state index < -0.39 is 10.9 Å². The van der Waals surface area contributed by atoms with E-state index in [1.165, 1.54) is 18.2 Å². The molecule has 0 radical (unpaired) electrons. The molecule has 5 heteroatoms. The van der Waals surface area contributed by atoms with E-state index in [-0.39, 0.29) is 11.8 Å². The second-order valence-electron chi connectivity index (χ2n) is 3.84. The van der Waals surface area contributed by atoms with Gasteiger partial charge in [0.25, 0.3) is 5.69 Å². The summed E-state index contributed by atoms with van der Waals surface area (Å²) in [5.74, 6) is -0.414. The lowest BCUT2D eigenvalue weighted by Gasteiger charge is -2.07. The van der Waals surface area contributed by atoms with E-state index in [4.69, 9.17) is 4.74 Å². The van der Waals surface area contributed by atoms with Crippen LogP contribution >= 0.6 is 0 Å². The molecule has 0 bridgehead atoms. The fourth-order valence-electron chi connectivity index (χ4n) is 1.19. The highest BCUT2D eigenvalue weighted by molar-refractivity contribution is 5.87.